The monoisotopic (exact) mass is 183 g/mol. The van der Waals surface area contributed by atoms with E-state index in [1.807, 2.05) is 32.8 Å². The topological polar surface area (TPSA) is 55.3 Å². The third kappa shape index (κ3) is 2.54. The average Bonchev–Trinajstić information content (AvgIpc) is 2.31. The predicted octanol–water partition coefficient (Wildman–Crippen LogP) is 0.853. The van der Waals surface area contributed by atoms with E-state index in [0.717, 1.165) is 18.0 Å². The summed E-state index contributed by atoms with van der Waals surface area (Å²) in [5.41, 5.74) is 6.80. The molecule has 0 saturated carbocycles. The van der Waals surface area contributed by atoms with E-state index in [2.05, 4.69) is 4.98 Å². The quantitative estimate of drug-likeness (QED) is 0.755. The Hall–Kier alpha value is -0.870. The van der Waals surface area contributed by atoms with Crippen molar-refractivity contribution in [3.63, 3.8) is 0 Å². The fourth-order valence-corrected chi connectivity index (χ4v) is 1.13. The molecular weight excluding hydrogens is 166 g/mol. The van der Waals surface area contributed by atoms with Crippen molar-refractivity contribution in [1.29, 1.82) is 0 Å². The highest BCUT2D eigenvalue weighted by Gasteiger charge is 2.14. The highest BCUT2D eigenvalue weighted by Crippen LogP contribution is 2.14. The minimum Gasteiger partial charge on any atom is -0.444 e. The van der Waals surface area contributed by atoms with E-state index >= 15 is 0 Å². The molecule has 0 radical (unpaired) electrons. The zero-order valence-electron chi connectivity index (χ0n) is 8.66. The number of oxazole rings is 1. The molecule has 0 aromatic carbocycles. The zero-order valence-corrected chi connectivity index (χ0v) is 8.66. The summed E-state index contributed by atoms with van der Waals surface area (Å²) in [6, 6.07) is -0.137. The number of hydrogen-bond donors (Lipinski definition) is 1. The van der Waals surface area contributed by atoms with E-state index in [4.69, 9.17) is 10.2 Å². The maximum atomic E-state index is 5.88. The van der Waals surface area contributed by atoms with Crippen molar-refractivity contribution in [2.24, 2.45) is 5.73 Å². The van der Waals surface area contributed by atoms with Gasteiger partial charge >= 0.3 is 0 Å². The van der Waals surface area contributed by atoms with Crippen molar-refractivity contribution in [2.75, 3.05) is 20.6 Å². The summed E-state index contributed by atoms with van der Waals surface area (Å²) in [6.07, 6.45) is 0. The lowest BCUT2D eigenvalue weighted by Gasteiger charge is -2.13. The maximum Gasteiger partial charge on any atom is 0.212 e. The fraction of sp³-hybridized carbons (Fsp3) is 0.667. The fourth-order valence-electron chi connectivity index (χ4n) is 1.13. The lowest BCUT2D eigenvalue weighted by Crippen LogP contribution is -2.26. The molecule has 4 heteroatoms. The maximum absolute atomic E-state index is 5.88. The van der Waals surface area contributed by atoms with Gasteiger partial charge in [0.15, 0.2) is 0 Å². The van der Waals surface area contributed by atoms with Gasteiger partial charge in [0.25, 0.3) is 0 Å². The van der Waals surface area contributed by atoms with Gasteiger partial charge in [-0.2, -0.15) is 0 Å². The van der Waals surface area contributed by atoms with Gasteiger partial charge in [0.1, 0.15) is 5.76 Å². The summed E-state index contributed by atoms with van der Waals surface area (Å²) in [6.45, 7) is 4.57. The first kappa shape index (κ1) is 10.2. The van der Waals surface area contributed by atoms with Crippen LogP contribution in [0.1, 0.15) is 23.4 Å². The van der Waals surface area contributed by atoms with Crippen LogP contribution in [0, 0.1) is 13.8 Å². The molecule has 2 N–H and O–H groups in total. The van der Waals surface area contributed by atoms with E-state index in [1.165, 1.54) is 0 Å². The van der Waals surface area contributed by atoms with Crippen LogP contribution in [0.4, 0.5) is 0 Å². The Kier molecular flexibility index (Phi) is 3.06. The molecule has 0 bridgehead atoms. The van der Waals surface area contributed by atoms with Crippen molar-refractivity contribution in [2.45, 2.75) is 19.9 Å². The van der Waals surface area contributed by atoms with Crippen LogP contribution in [0.25, 0.3) is 0 Å². The minimum atomic E-state index is -0.137. The summed E-state index contributed by atoms with van der Waals surface area (Å²) >= 11 is 0. The number of hydrogen-bond acceptors (Lipinski definition) is 4. The SMILES string of the molecule is Cc1nc(C(N)CN(C)C)oc1C. The Labute approximate surface area is 78.7 Å². The Morgan fingerprint density at radius 1 is 1.46 bits per heavy atom. The first-order valence-electron chi connectivity index (χ1n) is 4.35. The van der Waals surface area contributed by atoms with E-state index in [0.29, 0.717) is 5.89 Å². The third-order valence-electron chi connectivity index (χ3n) is 1.92. The molecule has 13 heavy (non-hydrogen) atoms. The molecule has 0 amide bonds. The van der Waals surface area contributed by atoms with Crippen LogP contribution in [0.3, 0.4) is 0 Å². The van der Waals surface area contributed by atoms with Crippen molar-refractivity contribution in [3.8, 4) is 0 Å². The molecule has 1 atom stereocenters. The molecular formula is C9H17N3O. The van der Waals surface area contributed by atoms with Gasteiger partial charge in [-0.1, -0.05) is 0 Å². The number of aromatic nitrogens is 1. The van der Waals surface area contributed by atoms with Gasteiger partial charge in [0.05, 0.1) is 11.7 Å². The summed E-state index contributed by atoms with van der Waals surface area (Å²) in [7, 11) is 3.95. The van der Waals surface area contributed by atoms with Crippen LogP contribution in [0.15, 0.2) is 4.42 Å². The number of aryl methyl sites for hydroxylation is 2. The van der Waals surface area contributed by atoms with Crippen LogP contribution in [0.5, 0.6) is 0 Å². The second kappa shape index (κ2) is 3.89. The number of nitrogens with zero attached hydrogens (tertiary/aromatic N) is 2. The first-order valence-corrected chi connectivity index (χ1v) is 4.35. The Balaban J connectivity index is 2.71. The molecule has 0 saturated heterocycles. The molecule has 0 aliphatic rings. The molecule has 0 aliphatic carbocycles. The average molecular weight is 183 g/mol. The first-order chi connectivity index (χ1) is 6.00. The van der Waals surface area contributed by atoms with Crippen molar-refractivity contribution < 1.29 is 4.42 Å². The largest absolute Gasteiger partial charge is 0.444 e. The highest BCUT2D eigenvalue weighted by atomic mass is 16.4. The van der Waals surface area contributed by atoms with Gasteiger partial charge in [0, 0.05) is 6.54 Å². The minimum absolute atomic E-state index is 0.137. The molecule has 0 aliphatic heterocycles. The van der Waals surface area contributed by atoms with E-state index in [9.17, 15) is 0 Å². The second-order valence-electron chi connectivity index (χ2n) is 3.56. The Morgan fingerprint density at radius 2 is 2.08 bits per heavy atom. The normalized spacial score (nSPS) is 13.7. The lowest BCUT2D eigenvalue weighted by atomic mass is 10.3. The van der Waals surface area contributed by atoms with Crippen LogP contribution in [0.2, 0.25) is 0 Å². The summed E-state index contributed by atoms with van der Waals surface area (Å²) < 4.78 is 5.41. The standard InChI is InChI=1S/C9H17N3O/c1-6-7(2)13-9(11-6)8(10)5-12(3)4/h8H,5,10H2,1-4H3. The van der Waals surface area contributed by atoms with Crippen LogP contribution >= 0.6 is 0 Å². The van der Waals surface area contributed by atoms with E-state index in [-0.39, 0.29) is 6.04 Å². The van der Waals surface area contributed by atoms with Gasteiger partial charge in [-0.15, -0.1) is 0 Å². The summed E-state index contributed by atoms with van der Waals surface area (Å²) in [5, 5.41) is 0. The molecule has 4 nitrogen and oxygen atoms in total. The number of likely N-dealkylation sites (N-methyl/N-ethyl adjacent to an activating group) is 1. The molecule has 1 unspecified atom stereocenters. The summed E-state index contributed by atoms with van der Waals surface area (Å²) in [4.78, 5) is 6.26. The Morgan fingerprint density at radius 3 is 2.46 bits per heavy atom. The molecule has 1 heterocycles. The van der Waals surface area contributed by atoms with Gasteiger partial charge < -0.3 is 15.1 Å². The lowest BCUT2D eigenvalue weighted by molar-refractivity contribution is 0.334. The zero-order chi connectivity index (χ0) is 10.0. The van der Waals surface area contributed by atoms with Crippen molar-refractivity contribution in [3.05, 3.63) is 17.3 Å². The third-order valence-corrected chi connectivity index (χ3v) is 1.92. The van der Waals surface area contributed by atoms with E-state index in [1.54, 1.807) is 0 Å². The van der Waals surface area contributed by atoms with Gasteiger partial charge in [-0.05, 0) is 27.9 Å². The van der Waals surface area contributed by atoms with Crippen molar-refractivity contribution >= 4 is 0 Å². The van der Waals surface area contributed by atoms with Crippen LogP contribution in [-0.4, -0.2) is 30.5 Å². The molecule has 1 aromatic rings. The second-order valence-corrected chi connectivity index (χ2v) is 3.56. The van der Waals surface area contributed by atoms with Crippen LogP contribution in [-0.2, 0) is 0 Å². The van der Waals surface area contributed by atoms with Gasteiger partial charge in [-0.25, -0.2) is 4.98 Å². The molecule has 1 rings (SSSR count). The predicted molar refractivity (Wildman–Crippen MR) is 51.5 cm³/mol. The van der Waals surface area contributed by atoms with Crippen LogP contribution < -0.4 is 5.73 Å². The number of nitrogens with two attached hydrogens (primary N) is 1. The Bertz CT molecular complexity index is 261. The molecule has 74 valence electrons. The smallest absolute Gasteiger partial charge is 0.212 e. The van der Waals surface area contributed by atoms with Gasteiger partial charge in [0.2, 0.25) is 5.89 Å². The summed E-state index contributed by atoms with van der Waals surface area (Å²) in [5.74, 6) is 1.48. The van der Waals surface area contributed by atoms with E-state index < -0.39 is 0 Å². The molecule has 0 spiro atoms. The van der Waals surface area contributed by atoms with Gasteiger partial charge in [-0.3, -0.25) is 0 Å². The highest BCUT2D eigenvalue weighted by molar-refractivity contribution is 5.07. The molecule has 1 aromatic heterocycles. The van der Waals surface area contributed by atoms with Crippen molar-refractivity contribution in [1.82, 2.24) is 9.88 Å². The number of rotatable bonds is 3. The molecule has 0 fully saturated rings.